The molecule has 2 heterocycles. The fourth-order valence-electron chi connectivity index (χ4n) is 3.13. The molecule has 0 N–H and O–H groups in total. The number of carbonyl (C=O) groups is 2. The normalized spacial score (nSPS) is 13.3. The Labute approximate surface area is 186 Å². The fourth-order valence-corrected chi connectivity index (χ4v) is 6.24. The predicted octanol–water partition coefficient (Wildman–Crippen LogP) is 4.96. The Morgan fingerprint density at radius 1 is 1.00 bits per heavy atom. The summed E-state index contributed by atoms with van der Waals surface area (Å²) in [6, 6.07) is 14.7. The second-order valence-electron chi connectivity index (χ2n) is 6.65. The third-order valence-electron chi connectivity index (χ3n) is 4.49. The van der Waals surface area contributed by atoms with Crippen LogP contribution in [0.15, 0.2) is 63.8 Å². The van der Waals surface area contributed by atoms with Gasteiger partial charge in [-0.15, -0.1) is 11.3 Å². The highest BCUT2D eigenvalue weighted by Crippen LogP contribution is 2.31. The number of nitrogens with zero attached hydrogens (tertiary/aromatic N) is 1. The number of carbonyl (C=O) groups excluding carboxylic acids is 2. The summed E-state index contributed by atoms with van der Waals surface area (Å²) in [5.41, 5.74) is 2.37. The summed E-state index contributed by atoms with van der Waals surface area (Å²) in [7, 11) is -3.74. The first kappa shape index (κ1) is 20.9. The maximum atomic E-state index is 12.6. The number of fused-ring (bicyclic) bond motifs is 1. The van der Waals surface area contributed by atoms with Gasteiger partial charge < -0.3 is 0 Å². The summed E-state index contributed by atoms with van der Waals surface area (Å²) in [6.07, 6.45) is -0.0982. The van der Waals surface area contributed by atoms with E-state index in [4.69, 9.17) is 23.2 Å². The second-order valence-corrected chi connectivity index (χ2v) is 11.0. The molecule has 9 heteroatoms. The highest BCUT2D eigenvalue weighted by atomic mass is 35.5. The van der Waals surface area contributed by atoms with Crippen molar-refractivity contribution in [2.24, 2.45) is 4.99 Å². The van der Waals surface area contributed by atoms with E-state index in [-0.39, 0.29) is 27.1 Å². The number of ketones is 2. The van der Waals surface area contributed by atoms with E-state index in [1.807, 2.05) is 0 Å². The van der Waals surface area contributed by atoms with Crippen LogP contribution in [0.5, 0.6) is 0 Å². The van der Waals surface area contributed by atoms with Crippen molar-refractivity contribution in [1.82, 2.24) is 0 Å². The quantitative estimate of drug-likeness (QED) is 0.502. The summed E-state index contributed by atoms with van der Waals surface area (Å²) >= 11 is 13.1. The van der Waals surface area contributed by atoms with Crippen LogP contribution < -0.4 is 0 Å². The van der Waals surface area contributed by atoms with Gasteiger partial charge in [-0.25, -0.2) is 13.4 Å². The van der Waals surface area contributed by atoms with Gasteiger partial charge in [0, 0.05) is 17.5 Å². The smallest absolute Gasteiger partial charge is 0.214 e. The van der Waals surface area contributed by atoms with Gasteiger partial charge >= 0.3 is 0 Å². The summed E-state index contributed by atoms with van der Waals surface area (Å²) in [5.74, 6) is -1.30. The third kappa shape index (κ3) is 4.11. The van der Waals surface area contributed by atoms with E-state index in [9.17, 15) is 18.0 Å². The average molecular weight is 478 g/mol. The lowest BCUT2D eigenvalue weighted by atomic mass is 10.0. The van der Waals surface area contributed by atoms with Crippen molar-refractivity contribution in [2.75, 3.05) is 5.75 Å². The maximum absolute atomic E-state index is 12.6. The molecule has 3 aromatic rings. The molecule has 0 amide bonds. The van der Waals surface area contributed by atoms with Crippen molar-refractivity contribution < 1.29 is 18.0 Å². The van der Waals surface area contributed by atoms with Crippen molar-refractivity contribution in [1.29, 1.82) is 0 Å². The minimum Gasteiger partial charge on any atom is -0.298 e. The molecule has 0 unspecified atom stereocenters. The lowest BCUT2D eigenvalue weighted by Gasteiger charge is -2.07. The van der Waals surface area contributed by atoms with Gasteiger partial charge in [0.25, 0.3) is 0 Å². The zero-order valence-corrected chi connectivity index (χ0v) is 18.4. The van der Waals surface area contributed by atoms with Gasteiger partial charge in [-0.3, -0.25) is 9.59 Å². The number of hydrogen-bond donors (Lipinski definition) is 0. The first-order chi connectivity index (χ1) is 14.2. The molecular weight excluding hydrogens is 465 g/mol. The van der Waals surface area contributed by atoms with Gasteiger partial charge in [0.2, 0.25) is 5.78 Å². The number of Topliss-reactive ketones (excluding diaryl/α,β-unsaturated/α-hetero) is 2. The molecule has 0 aliphatic carbocycles. The Morgan fingerprint density at radius 3 is 2.43 bits per heavy atom. The number of rotatable bonds is 6. The summed E-state index contributed by atoms with van der Waals surface area (Å²) in [4.78, 5) is 29.3. The monoisotopic (exact) mass is 477 g/mol. The molecule has 30 heavy (non-hydrogen) atoms. The van der Waals surface area contributed by atoms with Gasteiger partial charge in [-0.1, -0.05) is 47.5 Å². The SMILES string of the molecule is O=C(Cc1ccc(C2=Nc3ccccc3C2=O)c(Cl)c1)CS(=O)(=O)c1ccc(Cl)s1. The highest BCUT2D eigenvalue weighted by Gasteiger charge is 2.27. The van der Waals surface area contributed by atoms with E-state index in [2.05, 4.69) is 4.99 Å². The van der Waals surface area contributed by atoms with Crippen LogP contribution in [0, 0.1) is 0 Å². The van der Waals surface area contributed by atoms with E-state index in [0.29, 0.717) is 26.7 Å². The van der Waals surface area contributed by atoms with Crippen LogP contribution in [-0.4, -0.2) is 31.4 Å². The Morgan fingerprint density at radius 2 is 1.77 bits per heavy atom. The molecule has 1 aromatic heterocycles. The molecule has 4 rings (SSSR count). The van der Waals surface area contributed by atoms with Crippen molar-refractivity contribution in [3.05, 3.63) is 80.6 Å². The van der Waals surface area contributed by atoms with E-state index >= 15 is 0 Å². The van der Waals surface area contributed by atoms with E-state index in [1.165, 1.54) is 12.1 Å². The molecule has 0 fully saturated rings. The molecule has 1 aliphatic rings. The molecule has 2 aromatic carbocycles. The zero-order chi connectivity index (χ0) is 21.5. The third-order valence-corrected chi connectivity index (χ3v) is 8.29. The Balaban J connectivity index is 1.50. The molecule has 0 radical (unpaired) electrons. The van der Waals surface area contributed by atoms with Gasteiger partial charge in [-0.05, 0) is 35.9 Å². The van der Waals surface area contributed by atoms with Crippen LogP contribution in [-0.2, 0) is 21.1 Å². The number of para-hydroxylation sites is 1. The summed E-state index contributed by atoms with van der Waals surface area (Å²) in [6.45, 7) is 0. The minimum atomic E-state index is -3.74. The van der Waals surface area contributed by atoms with E-state index < -0.39 is 21.4 Å². The topological polar surface area (TPSA) is 80.6 Å². The highest BCUT2D eigenvalue weighted by molar-refractivity contribution is 7.94. The van der Waals surface area contributed by atoms with Crippen molar-refractivity contribution >= 4 is 67.3 Å². The summed E-state index contributed by atoms with van der Waals surface area (Å²) in [5, 5.41) is 0.271. The zero-order valence-electron chi connectivity index (χ0n) is 15.3. The summed E-state index contributed by atoms with van der Waals surface area (Å²) < 4.78 is 25.1. The maximum Gasteiger partial charge on any atom is 0.214 e. The van der Waals surface area contributed by atoms with Crippen LogP contribution in [0.25, 0.3) is 0 Å². The molecule has 0 bridgehead atoms. The lowest BCUT2D eigenvalue weighted by molar-refractivity contribution is -0.116. The first-order valence-electron chi connectivity index (χ1n) is 8.75. The number of sulfone groups is 1. The number of hydrogen-bond acceptors (Lipinski definition) is 6. The van der Waals surface area contributed by atoms with Crippen LogP contribution >= 0.6 is 34.5 Å². The van der Waals surface area contributed by atoms with Crippen molar-refractivity contribution in [3.63, 3.8) is 0 Å². The second kappa shape index (κ2) is 8.07. The number of benzene rings is 2. The molecule has 0 atom stereocenters. The van der Waals surface area contributed by atoms with Gasteiger partial charge in [0.15, 0.2) is 15.6 Å². The van der Waals surface area contributed by atoms with Crippen LogP contribution in [0.1, 0.15) is 21.5 Å². The van der Waals surface area contributed by atoms with Crippen molar-refractivity contribution in [3.8, 4) is 0 Å². The number of aliphatic imine (C=N–C) groups is 1. The number of thiophene rings is 1. The first-order valence-corrected chi connectivity index (χ1v) is 12.0. The standard InChI is InChI=1S/C21H13Cl2NO4S2/c22-16-10-12(9-13(25)11-30(27,28)19-8-7-18(23)29-19)5-6-14(16)20-21(26)15-3-1-2-4-17(15)24-20/h1-8,10H,9,11H2. The van der Waals surface area contributed by atoms with Gasteiger partial charge in [0.1, 0.15) is 15.7 Å². The van der Waals surface area contributed by atoms with Gasteiger partial charge in [-0.2, -0.15) is 0 Å². The van der Waals surface area contributed by atoms with E-state index in [1.54, 1.807) is 42.5 Å². The van der Waals surface area contributed by atoms with Gasteiger partial charge in [0.05, 0.1) is 15.0 Å². The molecule has 5 nitrogen and oxygen atoms in total. The lowest BCUT2D eigenvalue weighted by Crippen LogP contribution is -2.17. The fraction of sp³-hybridized carbons (Fsp3) is 0.0952. The molecule has 0 saturated carbocycles. The van der Waals surface area contributed by atoms with Crippen LogP contribution in [0.2, 0.25) is 9.36 Å². The molecule has 1 aliphatic heterocycles. The Bertz CT molecular complexity index is 1330. The largest absolute Gasteiger partial charge is 0.298 e. The van der Waals surface area contributed by atoms with Crippen LogP contribution in [0.4, 0.5) is 5.69 Å². The Hall–Kier alpha value is -2.32. The molecule has 0 saturated heterocycles. The average Bonchev–Trinajstić information content (AvgIpc) is 3.26. The van der Waals surface area contributed by atoms with E-state index in [0.717, 1.165) is 11.3 Å². The molecular formula is C21H13Cl2NO4S2. The Kier molecular flexibility index (Phi) is 5.63. The minimum absolute atomic E-state index is 0.0616. The molecule has 0 spiro atoms. The van der Waals surface area contributed by atoms with Crippen LogP contribution in [0.3, 0.4) is 0 Å². The molecule has 152 valence electrons. The van der Waals surface area contributed by atoms with Crippen molar-refractivity contribution in [2.45, 2.75) is 10.6 Å². The predicted molar refractivity (Wildman–Crippen MR) is 119 cm³/mol. The number of halogens is 2.